The maximum absolute atomic E-state index is 9.06. The van der Waals surface area contributed by atoms with Gasteiger partial charge in [-0.2, -0.15) is 5.26 Å². The van der Waals surface area contributed by atoms with E-state index in [1.807, 2.05) is 24.3 Å². The van der Waals surface area contributed by atoms with E-state index in [0.717, 1.165) is 11.3 Å². The maximum Gasteiger partial charge on any atom is 0.136 e. The van der Waals surface area contributed by atoms with Crippen LogP contribution in [0.2, 0.25) is 0 Å². The zero-order valence-corrected chi connectivity index (χ0v) is 11.9. The fourth-order valence-electron chi connectivity index (χ4n) is 1.90. The highest BCUT2D eigenvalue weighted by molar-refractivity contribution is 5.45. The highest BCUT2D eigenvalue weighted by Gasteiger charge is 2.04. The summed E-state index contributed by atoms with van der Waals surface area (Å²) in [5, 5.41) is 9.06. The summed E-state index contributed by atoms with van der Waals surface area (Å²) in [6.45, 7) is 4.56. The minimum Gasteiger partial charge on any atom is -0.495 e. The Morgan fingerprint density at radius 3 is 2.50 bits per heavy atom. The van der Waals surface area contributed by atoms with Gasteiger partial charge in [-0.1, -0.05) is 12.1 Å². The van der Waals surface area contributed by atoms with Gasteiger partial charge in [0.1, 0.15) is 24.2 Å². The smallest absolute Gasteiger partial charge is 0.136 e. The second-order valence-corrected chi connectivity index (χ2v) is 4.68. The van der Waals surface area contributed by atoms with Gasteiger partial charge in [0, 0.05) is 0 Å². The lowest BCUT2D eigenvalue weighted by molar-refractivity contribution is 0.305. The van der Waals surface area contributed by atoms with E-state index in [4.69, 9.17) is 14.7 Å². The lowest BCUT2D eigenvalue weighted by Gasteiger charge is -2.09. The van der Waals surface area contributed by atoms with Crippen molar-refractivity contribution in [1.82, 2.24) is 0 Å². The lowest BCUT2D eigenvalue weighted by atomic mass is 10.1. The number of rotatable bonds is 4. The number of hydrogen-bond acceptors (Lipinski definition) is 3. The zero-order chi connectivity index (χ0) is 14.5. The van der Waals surface area contributed by atoms with Crippen LogP contribution in [0.4, 0.5) is 0 Å². The first-order valence-corrected chi connectivity index (χ1v) is 6.41. The molecule has 20 heavy (non-hydrogen) atoms. The van der Waals surface area contributed by atoms with Crippen molar-refractivity contribution in [3.63, 3.8) is 0 Å². The molecule has 2 aromatic carbocycles. The molecule has 0 fully saturated rings. The molecular weight excluding hydrogens is 250 g/mol. The fourth-order valence-corrected chi connectivity index (χ4v) is 1.90. The number of nitrogens with zero attached hydrogens (tertiary/aromatic N) is 1. The van der Waals surface area contributed by atoms with E-state index in [2.05, 4.69) is 19.9 Å². The van der Waals surface area contributed by atoms with Gasteiger partial charge in [0.05, 0.1) is 12.7 Å². The molecule has 0 aromatic heterocycles. The number of ether oxygens (including phenoxy) is 2. The van der Waals surface area contributed by atoms with Crippen LogP contribution >= 0.6 is 0 Å². The van der Waals surface area contributed by atoms with Gasteiger partial charge in [0.15, 0.2) is 0 Å². The Labute approximate surface area is 119 Å². The van der Waals surface area contributed by atoms with Crippen LogP contribution in [0.25, 0.3) is 0 Å². The van der Waals surface area contributed by atoms with Crippen molar-refractivity contribution in [2.24, 2.45) is 0 Å². The van der Waals surface area contributed by atoms with Crippen LogP contribution in [-0.4, -0.2) is 7.11 Å². The Hall–Kier alpha value is -2.47. The number of aryl methyl sites for hydroxylation is 2. The van der Waals surface area contributed by atoms with Crippen molar-refractivity contribution < 1.29 is 9.47 Å². The molecule has 0 saturated heterocycles. The van der Waals surface area contributed by atoms with E-state index in [1.165, 1.54) is 11.1 Å². The molecule has 0 saturated carbocycles. The van der Waals surface area contributed by atoms with Gasteiger partial charge in [-0.25, -0.2) is 0 Å². The molecule has 2 aromatic rings. The average Bonchev–Trinajstić information content (AvgIpc) is 2.48. The number of benzene rings is 2. The van der Waals surface area contributed by atoms with E-state index in [0.29, 0.717) is 17.9 Å². The molecule has 102 valence electrons. The highest BCUT2D eigenvalue weighted by atomic mass is 16.5. The SMILES string of the molecule is COc1ccc(COc2ccc(C)c(C)c2)cc1C#N. The Balaban J connectivity index is 2.11. The minimum atomic E-state index is 0.432. The van der Waals surface area contributed by atoms with Crippen molar-refractivity contribution >= 4 is 0 Å². The van der Waals surface area contributed by atoms with Crippen molar-refractivity contribution in [2.45, 2.75) is 20.5 Å². The van der Waals surface area contributed by atoms with Crippen LogP contribution in [0.5, 0.6) is 11.5 Å². The van der Waals surface area contributed by atoms with Crippen LogP contribution in [0, 0.1) is 25.2 Å². The molecule has 0 atom stereocenters. The minimum absolute atomic E-state index is 0.432. The van der Waals surface area contributed by atoms with Gasteiger partial charge in [-0.3, -0.25) is 0 Å². The van der Waals surface area contributed by atoms with E-state index < -0.39 is 0 Å². The van der Waals surface area contributed by atoms with Crippen LogP contribution in [-0.2, 0) is 6.61 Å². The Morgan fingerprint density at radius 1 is 1.05 bits per heavy atom. The molecule has 0 aliphatic heterocycles. The van der Waals surface area contributed by atoms with Crippen LogP contribution in [0.3, 0.4) is 0 Å². The molecule has 0 heterocycles. The molecule has 0 spiro atoms. The largest absolute Gasteiger partial charge is 0.495 e. The predicted molar refractivity (Wildman–Crippen MR) is 78.0 cm³/mol. The number of methoxy groups -OCH3 is 1. The van der Waals surface area contributed by atoms with Gasteiger partial charge in [-0.15, -0.1) is 0 Å². The summed E-state index contributed by atoms with van der Waals surface area (Å²) in [5.41, 5.74) is 3.91. The van der Waals surface area contributed by atoms with E-state index in [-0.39, 0.29) is 0 Å². The summed E-state index contributed by atoms with van der Waals surface area (Å²) in [7, 11) is 1.56. The molecule has 0 aliphatic rings. The summed E-state index contributed by atoms with van der Waals surface area (Å²) in [6.07, 6.45) is 0. The molecule has 0 unspecified atom stereocenters. The molecule has 0 amide bonds. The van der Waals surface area contributed by atoms with E-state index in [9.17, 15) is 0 Å². The van der Waals surface area contributed by atoms with Crippen molar-refractivity contribution in [2.75, 3.05) is 7.11 Å². The standard InChI is InChI=1S/C17H17NO2/c1-12-4-6-16(8-13(12)2)20-11-14-5-7-17(19-3)15(9-14)10-18/h4-9H,11H2,1-3H3. The molecule has 0 aliphatic carbocycles. The second-order valence-electron chi connectivity index (χ2n) is 4.68. The first kappa shape index (κ1) is 14.0. The van der Waals surface area contributed by atoms with Crippen LogP contribution < -0.4 is 9.47 Å². The average molecular weight is 267 g/mol. The predicted octanol–water partition coefficient (Wildman–Crippen LogP) is 3.76. The molecule has 0 bridgehead atoms. The Morgan fingerprint density at radius 2 is 1.85 bits per heavy atom. The normalized spacial score (nSPS) is 9.90. The third kappa shape index (κ3) is 3.10. The molecule has 3 nitrogen and oxygen atoms in total. The van der Waals surface area contributed by atoms with Gasteiger partial charge in [-0.05, 0) is 54.8 Å². The number of hydrogen-bond donors (Lipinski definition) is 0. The first-order chi connectivity index (χ1) is 9.63. The van der Waals surface area contributed by atoms with Crippen LogP contribution in [0.1, 0.15) is 22.3 Å². The Kier molecular flexibility index (Phi) is 4.27. The topological polar surface area (TPSA) is 42.2 Å². The fraction of sp³-hybridized carbons (Fsp3) is 0.235. The molecule has 2 rings (SSSR count). The van der Waals surface area contributed by atoms with Gasteiger partial charge >= 0.3 is 0 Å². The van der Waals surface area contributed by atoms with E-state index in [1.54, 1.807) is 19.2 Å². The van der Waals surface area contributed by atoms with Crippen molar-refractivity contribution in [1.29, 1.82) is 5.26 Å². The summed E-state index contributed by atoms with van der Waals surface area (Å²) < 4.78 is 10.9. The maximum atomic E-state index is 9.06. The molecular formula is C17H17NO2. The van der Waals surface area contributed by atoms with Crippen molar-refractivity contribution in [3.8, 4) is 17.6 Å². The second kappa shape index (κ2) is 6.12. The lowest BCUT2D eigenvalue weighted by Crippen LogP contribution is -1.98. The van der Waals surface area contributed by atoms with Crippen molar-refractivity contribution in [3.05, 3.63) is 58.7 Å². The summed E-state index contributed by atoms with van der Waals surface area (Å²) in [4.78, 5) is 0. The van der Waals surface area contributed by atoms with E-state index >= 15 is 0 Å². The quantitative estimate of drug-likeness (QED) is 0.847. The first-order valence-electron chi connectivity index (χ1n) is 6.41. The third-order valence-electron chi connectivity index (χ3n) is 3.27. The van der Waals surface area contributed by atoms with Gasteiger partial charge in [0.2, 0.25) is 0 Å². The van der Waals surface area contributed by atoms with Gasteiger partial charge < -0.3 is 9.47 Å². The summed E-state index contributed by atoms with van der Waals surface area (Å²) >= 11 is 0. The highest BCUT2D eigenvalue weighted by Crippen LogP contribution is 2.21. The summed E-state index contributed by atoms with van der Waals surface area (Å²) in [6, 6.07) is 13.6. The Bertz CT molecular complexity index is 657. The number of nitriles is 1. The third-order valence-corrected chi connectivity index (χ3v) is 3.27. The molecule has 3 heteroatoms. The van der Waals surface area contributed by atoms with Gasteiger partial charge in [0.25, 0.3) is 0 Å². The zero-order valence-electron chi connectivity index (χ0n) is 11.9. The molecule has 0 N–H and O–H groups in total. The summed E-state index contributed by atoms with van der Waals surface area (Å²) in [5.74, 6) is 1.42. The van der Waals surface area contributed by atoms with Crippen LogP contribution in [0.15, 0.2) is 36.4 Å². The monoisotopic (exact) mass is 267 g/mol. The molecule has 0 radical (unpaired) electrons.